The van der Waals surface area contributed by atoms with Gasteiger partial charge in [-0.3, -0.25) is 0 Å². The predicted molar refractivity (Wildman–Crippen MR) is 627 cm³/mol. The molecular formula is C139H101B4N3O2S. The van der Waals surface area contributed by atoms with Gasteiger partial charge in [0.25, 0.3) is 0 Å². The van der Waals surface area contributed by atoms with E-state index >= 15 is 0 Å². The standard InChI is InChI=1S/C41H32BN.C38H27BN2.C30H23BO2.C30H19BS/c1-41(2)36-21-13-12-20-32(36)40-38(41)35-26-31(43(29-16-8-4-9-17-29)30-18-10-5-11-19-30)25-34-33-24-28(27-14-6-3-7-15-27)22-23-37(33)42(40)39(34)35;1-4-13-26(14-5-1)40(27-15-6-2-7-16-27)29-23-24-34-33(25-29)30-20-12-21-32-36(30)39(34)37-31-19-10-11-22-35(31)41(38(32)37)28-17-8-3-9-18-28;1-30(2,3)16-14-19-25-21(12-13-24-26(25)17-8-4-6-10-22(17)32-24)31-27(19)20(15-16)29-28(31)18-9-5-7-11-23(18)33-29;1-2-7-18(8-3-1)21-13-14-23-27(17-21)32-30-24-12-6-11-22-25-15-19-9-4-5-10-20(19)16-26(25)31(28(22)24)29(23)30/h3-26,38,40H,1-2H3;1-25,37-38H;4-15,28-29H,1-3H3;1-17,29-30H/i;;;1D,2D,3D,7D,8D. The Labute approximate surface area is 883 Å². The molecule has 5 nitrogen and oxygen atoms in total. The maximum Gasteiger partial charge on any atom is 0.223 e. The van der Waals surface area contributed by atoms with Crippen molar-refractivity contribution in [1.29, 1.82) is 0 Å². The highest BCUT2D eigenvalue weighted by molar-refractivity contribution is 8.00. The minimum absolute atomic E-state index is 0.0481. The van der Waals surface area contributed by atoms with Crippen LogP contribution >= 0.6 is 11.8 Å². The van der Waals surface area contributed by atoms with Gasteiger partial charge in [-0.15, -0.1) is 11.8 Å². The first-order valence-corrected chi connectivity index (χ1v) is 53.7. The van der Waals surface area contributed by atoms with Crippen LogP contribution in [0.3, 0.4) is 0 Å². The van der Waals surface area contributed by atoms with Crippen molar-refractivity contribution in [3.05, 3.63) is 529 Å². The first-order chi connectivity index (χ1) is 75.4. The number of rotatable bonds is 9. The summed E-state index contributed by atoms with van der Waals surface area (Å²) in [5.41, 5.74) is 52.3. The summed E-state index contributed by atoms with van der Waals surface area (Å²) in [6.45, 7) is 13.2. The van der Waals surface area contributed by atoms with Crippen LogP contribution in [0, 0.1) is 0 Å². The van der Waals surface area contributed by atoms with E-state index in [1.54, 1.807) is 5.46 Å². The molecule has 12 heterocycles. The van der Waals surface area contributed by atoms with E-state index < -0.39 is 0 Å². The molecule has 0 amide bonds. The van der Waals surface area contributed by atoms with Crippen LogP contribution in [0.2, 0.25) is 0 Å². The lowest BCUT2D eigenvalue weighted by Crippen LogP contribution is -2.40. The molecule has 34 rings (SSSR count). The van der Waals surface area contributed by atoms with Gasteiger partial charge in [0, 0.05) is 72.2 Å². The largest absolute Gasteiger partial charge is 0.486 e. The van der Waals surface area contributed by atoms with E-state index in [-0.39, 0.29) is 52.7 Å². The Morgan fingerprint density at radius 1 is 0.336 bits per heavy atom. The van der Waals surface area contributed by atoms with Gasteiger partial charge in [0.2, 0.25) is 26.9 Å². The van der Waals surface area contributed by atoms with Crippen molar-refractivity contribution in [3.8, 4) is 72.5 Å². The maximum absolute atomic E-state index is 8.43. The van der Waals surface area contributed by atoms with Crippen LogP contribution in [0.15, 0.2) is 482 Å². The smallest absolute Gasteiger partial charge is 0.223 e. The molecule has 11 aliphatic heterocycles. The highest BCUT2D eigenvalue weighted by atomic mass is 32.2. The average molecular weight is 1930 g/mol. The van der Waals surface area contributed by atoms with E-state index in [1.807, 2.05) is 23.9 Å². The third kappa shape index (κ3) is 13.0. The van der Waals surface area contributed by atoms with Crippen molar-refractivity contribution in [3.63, 3.8) is 0 Å². The fraction of sp³-hybridized carbons (Fsp3) is 0.108. The minimum Gasteiger partial charge on any atom is -0.486 e. The summed E-state index contributed by atoms with van der Waals surface area (Å²) in [5, 5.41) is 5.31. The second kappa shape index (κ2) is 33.3. The van der Waals surface area contributed by atoms with Crippen molar-refractivity contribution in [2.45, 2.75) is 96.9 Å². The third-order valence-corrected chi connectivity index (χ3v) is 36.6. The maximum atomic E-state index is 8.43. The second-order valence-corrected chi connectivity index (χ2v) is 45.2. The number of ether oxygens (including phenoxy) is 1. The van der Waals surface area contributed by atoms with Gasteiger partial charge in [0.05, 0.1) is 12.9 Å². The Kier molecular flexibility index (Phi) is 18.2. The van der Waals surface area contributed by atoms with Crippen molar-refractivity contribution in [2.75, 3.05) is 14.7 Å². The van der Waals surface area contributed by atoms with E-state index in [1.165, 1.54) is 205 Å². The highest BCUT2D eigenvalue weighted by Gasteiger charge is 2.62. The molecule has 0 saturated carbocycles. The van der Waals surface area contributed by atoms with Gasteiger partial charge >= 0.3 is 0 Å². The fourth-order valence-electron chi connectivity index (χ4n) is 29.3. The number of nitrogens with zero attached hydrogens (tertiary/aromatic N) is 3. The Hall–Kier alpha value is -16.5. The molecule has 22 aromatic rings. The van der Waals surface area contributed by atoms with Gasteiger partial charge < -0.3 is 23.9 Å². The van der Waals surface area contributed by atoms with Gasteiger partial charge in [0.1, 0.15) is 23.0 Å². The monoisotopic (exact) mass is 1920 g/mol. The SMILES string of the molecule is CC(C)(C)c1cc2c3c(c1)C1Oc4ccccc4C1B3c1ccc3oc4ccccc4c3c1-2.CC1(C)c2ccccc2C2B3c4ccc(-c5ccccc5)cc4-c4cc(N(c5ccccc5)c5ccccc5)cc(c43)C21.[2H]c1c([2H])c([2H])c(-c2ccc3c(c2)SC2c4cccc5c4B(c4cc6ccccc6cc4-5)C32)c([2H])c1[2H].c1ccc(N(c2ccccc2)c2ccc3c(c2)-c2cccc4c2B3C2c3ccccc3N(c3ccccc3)C42)cc1. The van der Waals surface area contributed by atoms with E-state index in [0.29, 0.717) is 72.9 Å². The summed E-state index contributed by atoms with van der Waals surface area (Å²) in [5.74, 6) is 2.94. The van der Waals surface area contributed by atoms with Crippen LogP contribution in [0.1, 0.15) is 144 Å². The second-order valence-electron chi connectivity index (χ2n) is 44.0. The molecule has 8 atom stereocenters. The summed E-state index contributed by atoms with van der Waals surface area (Å²) in [4.78, 5) is 8.54. The van der Waals surface area contributed by atoms with Crippen LogP contribution in [0.5, 0.6) is 5.75 Å². The number of para-hydroxylation sites is 8. The topological polar surface area (TPSA) is 32.1 Å². The zero-order valence-corrected chi connectivity index (χ0v) is 84.0. The fourth-order valence-corrected chi connectivity index (χ4v) is 30.9. The van der Waals surface area contributed by atoms with Gasteiger partial charge in [-0.25, -0.2) is 0 Å². The van der Waals surface area contributed by atoms with Crippen LogP contribution in [-0.4, -0.2) is 26.9 Å². The van der Waals surface area contributed by atoms with Gasteiger partial charge in [-0.05, 0) is 295 Å². The van der Waals surface area contributed by atoms with Crippen molar-refractivity contribution in [1.82, 2.24) is 0 Å². The number of fused-ring (bicyclic) bond motifs is 37. The van der Waals surface area contributed by atoms with E-state index in [0.717, 1.165) is 33.2 Å². The predicted octanol–water partition coefficient (Wildman–Crippen LogP) is 30.2. The number of furan rings is 1. The number of thioether (sulfide) groups is 1. The lowest BCUT2D eigenvalue weighted by Gasteiger charge is -2.32. The average Bonchev–Trinajstić information content (AvgIpc) is 1.52. The number of anilines is 8. The Bertz CT molecular complexity index is 9540. The quantitative estimate of drug-likeness (QED) is 0.134. The van der Waals surface area contributed by atoms with Crippen LogP contribution in [0.4, 0.5) is 45.5 Å². The van der Waals surface area contributed by atoms with E-state index in [2.05, 4.69) is 480 Å². The summed E-state index contributed by atoms with van der Waals surface area (Å²) in [6.07, 6.45) is 0.0911. The normalized spacial score (nSPS) is 18.9. The molecule has 12 aliphatic rings. The van der Waals surface area contributed by atoms with Crippen LogP contribution < -0.4 is 63.1 Å². The Balaban J connectivity index is 0.0000000920. The molecule has 149 heavy (non-hydrogen) atoms. The van der Waals surface area contributed by atoms with Crippen molar-refractivity contribution < 1.29 is 16.0 Å². The minimum atomic E-state index is -0.358. The molecule has 8 unspecified atom stereocenters. The molecule has 0 spiro atoms. The third-order valence-electron chi connectivity index (χ3n) is 35.2. The molecule has 0 radical (unpaired) electrons. The van der Waals surface area contributed by atoms with Gasteiger partial charge in [-0.1, -0.05) is 424 Å². The lowest BCUT2D eigenvalue weighted by atomic mass is 9.36. The molecule has 0 fully saturated rings. The summed E-state index contributed by atoms with van der Waals surface area (Å²) in [6, 6.07) is 161. The summed E-state index contributed by atoms with van der Waals surface area (Å²) in [7, 11) is 0. The van der Waals surface area contributed by atoms with E-state index in [4.69, 9.17) is 16.0 Å². The molecular weight excluding hydrogens is 1820 g/mol. The van der Waals surface area contributed by atoms with Crippen molar-refractivity contribution >= 4 is 161 Å². The molecule has 1 aromatic heterocycles. The van der Waals surface area contributed by atoms with Gasteiger partial charge in [-0.2, -0.15) is 0 Å². The first-order valence-electron chi connectivity index (χ1n) is 55.3. The highest BCUT2D eigenvalue weighted by Crippen LogP contribution is 2.65. The zero-order chi connectivity index (χ0) is 103. The van der Waals surface area contributed by atoms with Gasteiger partial charge in [0.15, 0.2) is 0 Å². The Morgan fingerprint density at radius 2 is 0.872 bits per heavy atom. The number of hydrogen-bond donors (Lipinski definition) is 0. The molecule has 21 aromatic carbocycles. The summed E-state index contributed by atoms with van der Waals surface area (Å²) < 4.78 is 53.9. The molecule has 0 bridgehead atoms. The van der Waals surface area contributed by atoms with Crippen molar-refractivity contribution in [2.24, 2.45) is 0 Å². The molecule has 0 N–H and O–H groups in total. The molecule has 10 heteroatoms. The zero-order valence-electron chi connectivity index (χ0n) is 88.1. The Morgan fingerprint density at radius 3 is 1.59 bits per heavy atom. The molecule has 702 valence electrons. The lowest BCUT2D eigenvalue weighted by molar-refractivity contribution is 0.237. The number of hydrogen-bond acceptors (Lipinski definition) is 6. The van der Waals surface area contributed by atoms with Crippen LogP contribution in [-0.2, 0) is 10.8 Å². The summed E-state index contributed by atoms with van der Waals surface area (Å²) >= 11 is 1.85. The van der Waals surface area contributed by atoms with E-state index in [9.17, 15) is 0 Å². The molecule has 0 saturated heterocycles. The van der Waals surface area contributed by atoms with Crippen LogP contribution in [0.25, 0.3) is 99.5 Å². The molecule has 1 aliphatic carbocycles. The number of benzene rings is 21. The first kappa shape index (κ1) is 81.7.